The molecule has 1 saturated heterocycles. The second-order valence-corrected chi connectivity index (χ2v) is 6.77. The first-order chi connectivity index (χ1) is 13.1. The van der Waals surface area contributed by atoms with Crippen molar-refractivity contribution in [2.45, 2.75) is 12.5 Å². The van der Waals surface area contributed by atoms with E-state index in [1.165, 1.54) is 6.08 Å². The minimum atomic E-state index is -0.247. The number of nitrogens with zero attached hydrogens (tertiary/aromatic N) is 1. The van der Waals surface area contributed by atoms with Crippen molar-refractivity contribution in [3.05, 3.63) is 59.1 Å². The summed E-state index contributed by atoms with van der Waals surface area (Å²) in [7, 11) is 0. The average Bonchev–Trinajstić information content (AvgIpc) is 3.26. The zero-order valence-electron chi connectivity index (χ0n) is 14.4. The van der Waals surface area contributed by atoms with E-state index in [1.807, 2.05) is 12.1 Å². The number of fused-ring (bicyclic) bond motifs is 1. The van der Waals surface area contributed by atoms with E-state index in [2.05, 4.69) is 5.32 Å². The second-order valence-electron chi connectivity index (χ2n) is 6.34. The first kappa shape index (κ1) is 17.4. The van der Waals surface area contributed by atoms with Gasteiger partial charge in [-0.1, -0.05) is 17.7 Å². The van der Waals surface area contributed by atoms with Gasteiger partial charge in [0.15, 0.2) is 11.5 Å². The highest BCUT2D eigenvalue weighted by molar-refractivity contribution is 6.30. The van der Waals surface area contributed by atoms with Gasteiger partial charge in [-0.15, -0.1) is 0 Å². The molecule has 0 aromatic heterocycles. The molecule has 2 aliphatic rings. The summed E-state index contributed by atoms with van der Waals surface area (Å²) in [5, 5.41) is 3.49. The topological polar surface area (TPSA) is 67.9 Å². The van der Waals surface area contributed by atoms with Crippen LogP contribution < -0.4 is 19.7 Å². The van der Waals surface area contributed by atoms with Gasteiger partial charge in [0.2, 0.25) is 18.6 Å². The smallest absolute Gasteiger partial charge is 0.244 e. The number of benzene rings is 2. The van der Waals surface area contributed by atoms with Crippen LogP contribution in [0.3, 0.4) is 0 Å². The van der Waals surface area contributed by atoms with Gasteiger partial charge in [-0.2, -0.15) is 0 Å². The molecule has 7 heteroatoms. The summed E-state index contributed by atoms with van der Waals surface area (Å²) in [6.07, 6.45) is 3.42. The molecule has 1 atom stereocenters. The highest BCUT2D eigenvalue weighted by Gasteiger charge is 2.31. The summed E-state index contributed by atoms with van der Waals surface area (Å²) in [5.41, 5.74) is 1.61. The summed E-state index contributed by atoms with van der Waals surface area (Å²) in [5.74, 6) is 1.09. The molecule has 2 heterocycles. The van der Waals surface area contributed by atoms with E-state index in [0.29, 0.717) is 23.1 Å². The number of ether oxygens (including phenoxy) is 2. The number of anilines is 1. The normalized spacial score (nSPS) is 18.3. The van der Waals surface area contributed by atoms with Gasteiger partial charge in [0.05, 0.1) is 6.04 Å². The van der Waals surface area contributed by atoms with Crippen LogP contribution in [0.4, 0.5) is 5.69 Å². The molecule has 0 aliphatic carbocycles. The van der Waals surface area contributed by atoms with Gasteiger partial charge in [-0.25, -0.2) is 0 Å². The Bertz CT molecular complexity index is 911. The van der Waals surface area contributed by atoms with Crippen molar-refractivity contribution in [3.8, 4) is 11.5 Å². The first-order valence-corrected chi connectivity index (χ1v) is 8.90. The fourth-order valence-corrected chi connectivity index (χ4v) is 3.24. The lowest BCUT2D eigenvalue weighted by atomic mass is 10.2. The molecule has 0 bridgehead atoms. The highest BCUT2D eigenvalue weighted by Crippen LogP contribution is 2.32. The molecule has 0 radical (unpaired) electrons. The summed E-state index contributed by atoms with van der Waals surface area (Å²) in [6, 6.07) is 12.3. The fourth-order valence-electron chi connectivity index (χ4n) is 3.11. The van der Waals surface area contributed by atoms with Crippen LogP contribution in [0, 0.1) is 0 Å². The molecule has 2 amide bonds. The Morgan fingerprint density at radius 2 is 1.93 bits per heavy atom. The van der Waals surface area contributed by atoms with E-state index in [1.54, 1.807) is 41.3 Å². The van der Waals surface area contributed by atoms with Gasteiger partial charge in [0, 0.05) is 29.8 Å². The molecule has 138 valence electrons. The number of halogens is 1. The van der Waals surface area contributed by atoms with Crippen LogP contribution in [0.15, 0.2) is 48.5 Å². The molecule has 0 spiro atoms. The third-order valence-electron chi connectivity index (χ3n) is 4.43. The number of amides is 2. The van der Waals surface area contributed by atoms with E-state index < -0.39 is 0 Å². The fraction of sp³-hybridized carbons (Fsp3) is 0.200. The second kappa shape index (κ2) is 7.32. The molecule has 6 nitrogen and oxygen atoms in total. The van der Waals surface area contributed by atoms with Crippen molar-refractivity contribution >= 4 is 35.2 Å². The Labute approximate surface area is 161 Å². The van der Waals surface area contributed by atoms with Gasteiger partial charge in [-0.3, -0.25) is 9.59 Å². The Hall–Kier alpha value is -2.99. The molecule has 1 fully saturated rings. The largest absolute Gasteiger partial charge is 0.454 e. The zero-order valence-corrected chi connectivity index (χ0v) is 15.1. The Morgan fingerprint density at radius 1 is 1.15 bits per heavy atom. The molecule has 2 aromatic rings. The summed E-state index contributed by atoms with van der Waals surface area (Å²) in [4.78, 5) is 26.1. The average molecular weight is 385 g/mol. The maximum atomic E-state index is 12.2. The number of rotatable bonds is 4. The monoisotopic (exact) mass is 384 g/mol. The maximum absolute atomic E-state index is 12.2. The standard InChI is InChI=1S/C20H17ClN2O4/c21-14-3-5-16(6-4-14)23-11-15(10-20(23)25)22-19(24)8-2-13-1-7-17-18(9-13)27-12-26-17/h1-9,15H,10-12H2,(H,22,24)/b8-2-. The van der Waals surface area contributed by atoms with Crippen LogP contribution in [0.5, 0.6) is 11.5 Å². The molecular formula is C20H17ClN2O4. The lowest BCUT2D eigenvalue weighted by molar-refractivity contribution is -0.117. The predicted molar refractivity (Wildman–Crippen MR) is 102 cm³/mol. The van der Waals surface area contributed by atoms with E-state index in [4.69, 9.17) is 21.1 Å². The van der Waals surface area contributed by atoms with Crippen LogP contribution >= 0.6 is 11.6 Å². The van der Waals surface area contributed by atoms with Crippen molar-refractivity contribution in [2.24, 2.45) is 0 Å². The van der Waals surface area contributed by atoms with Crippen LogP contribution in [0.2, 0.25) is 5.02 Å². The third-order valence-corrected chi connectivity index (χ3v) is 4.69. The first-order valence-electron chi connectivity index (χ1n) is 8.53. The molecule has 2 aliphatic heterocycles. The highest BCUT2D eigenvalue weighted by atomic mass is 35.5. The van der Waals surface area contributed by atoms with Crippen LogP contribution in [0.25, 0.3) is 6.08 Å². The van der Waals surface area contributed by atoms with Gasteiger partial charge in [0.25, 0.3) is 0 Å². The summed E-state index contributed by atoms with van der Waals surface area (Å²) < 4.78 is 10.6. The molecular weight excluding hydrogens is 368 g/mol. The minimum Gasteiger partial charge on any atom is -0.454 e. The lowest BCUT2D eigenvalue weighted by Gasteiger charge is -2.17. The van der Waals surface area contributed by atoms with E-state index in [9.17, 15) is 9.59 Å². The van der Waals surface area contributed by atoms with Crippen molar-refractivity contribution in [3.63, 3.8) is 0 Å². The quantitative estimate of drug-likeness (QED) is 0.823. The Morgan fingerprint density at radius 3 is 2.74 bits per heavy atom. The van der Waals surface area contributed by atoms with Gasteiger partial charge in [0.1, 0.15) is 0 Å². The zero-order chi connectivity index (χ0) is 18.8. The van der Waals surface area contributed by atoms with E-state index >= 15 is 0 Å². The molecule has 4 rings (SSSR count). The van der Waals surface area contributed by atoms with Gasteiger partial charge in [-0.05, 0) is 48.0 Å². The van der Waals surface area contributed by atoms with E-state index in [-0.39, 0.29) is 31.1 Å². The van der Waals surface area contributed by atoms with E-state index in [0.717, 1.165) is 11.3 Å². The number of carbonyl (C=O) groups excluding carboxylic acids is 2. The number of carbonyl (C=O) groups is 2. The summed E-state index contributed by atoms with van der Waals surface area (Å²) >= 11 is 5.89. The molecule has 1 unspecified atom stereocenters. The number of hydrogen-bond acceptors (Lipinski definition) is 4. The van der Waals surface area contributed by atoms with Crippen molar-refractivity contribution in [1.29, 1.82) is 0 Å². The summed E-state index contributed by atoms with van der Waals surface area (Å²) in [6.45, 7) is 0.646. The van der Waals surface area contributed by atoms with Crippen LogP contribution in [0.1, 0.15) is 12.0 Å². The lowest BCUT2D eigenvalue weighted by Crippen LogP contribution is -2.36. The van der Waals surface area contributed by atoms with Crippen molar-refractivity contribution in [1.82, 2.24) is 5.32 Å². The number of hydrogen-bond donors (Lipinski definition) is 1. The SMILES string of the molecule is O=C(/C=C\c1ccc2c(c1)OCO2)NC1CC(=O)N(c2ccc(Cl)cc2)C1. The predicted octanol–water partition coefficient (Wildman–Crippen LogP) is 3.00. The molecule has 0 saturated carbocycles. The van der Waals surface area contributed by atoms with Crippen molar-refractivity contribution in [2.75, 3.05) is 18.2 Å². The number of nitrogens with one attached hydrogen (secondary N) is 1. The van der Waals surface area contributed by atoms with Crippen LogP contribution in [-0.2, 0) is 9.59 Å². The third kappa shape index (κ3) is 3.90. The Balaban J connectivity index is 1.36. The van der Waals surface area contributed by atoms with Gasteiger partial charge < -0.3 is 19.7 Å². The Kier molecular flexibility index (Phi) is 4.73. The van der Waals surface area contributed by atoms with Crippen LogP contribution in [-0.4, -0.2) is 31.2 Å². The molecule has 2 aromatic carbocycles. The van der Waals surface area contributed by atoms with Crippen molar-refractivity contribution < 1.29 is 19.1 Å². The molecule has 27 heavy (non-hydrogen) atoms. The maximum Gasteiger partial charge on any atom is 0.244 e. The van der Waals surface area contributed by atoms with Gasteiger partial charge >= 0.3 is 0 Å². The molecule has 1 N–H and O–H groups in total. The minimum absolute atomic E-state index is 0.0256.